The molecule has 2 nitrogen and oxygen atoms in total. The Labute approximate surface area is 119 Å². The molecule has 1 heterocycles. The molecule has 1 N–H and O–H groups in total. The molecule has 0 saturated carbocycles. The van der Waals surface area contributed by atoms with Gasteiger partial charge in [-0.2, -0.15) is 0 Å². The van der Waals surface area contributed by atoms with Gasteiger partial charge in [0.1, 0.15) is 0 Å². The van der Waals surface area contributed by atoms with E-state index in [4.69, 9.17) is 0 Å². The normalized spacial score (nSPS) is 19.2. The van der Waals surface area contributed by atoms with Gasteiger partial charge < -0.3 is 10.0 Å². The van der Waals surface area contributed by atoms with E-state index in [0.29, 0.717) is 6.42 Å². The summed E-state index contributed by atoms with van der Waals surface area (Å²) in [6, 6.07) is 3.96. The van der Waals surface area contributed by atoms with Crippen molar-refractivity contribution in [1.29, 1.82) is 0 Å². The first-order valence-corrected chi connectivity index (χ1v) is 7.46. The van der Waals surface area contributed by atoms with Crippen LogP contribution >= 0.6 is 0 Å². The van der Waals surface area contributed by atoms with Gasteiger partial charge in [-0.05, 0) is 44.3 Å². The quantitative estimate of drug-likeness (QED) is 0.894. The van der Waals surface area contributed by atoms with Crippen molar-refractivity contribution in [3.63, 3.8) is 0 Å². The minimum Gasteiger partial charge on any atom is -0.388 e. The Hall–Kier alpha value is -1.00. The molecular formula is C16H23F2NO. The Kier molecular flexibility index (Phi) is 5.49. The Balaban J connectivity index is 1.83. The Morgan fingerprint density at radius 1 is 1.30 bits per heavy atom. The number of aliphatic hydroxyl groups is 1. The van der Waals surface area contributed by atoms with Gasteiger partial charge in [0, 0.05) is 12.1 Å². The highest BCUT2D eigenvalue weighted by Gasteiger charge is 2.20. The molecule has 1 aromatic rings. The molecule has 0 aromatic heterocycles. The van der Waals surface area contributed by atoms with Crippen LogP contribution in [0.4, 0.5) is 8.78 Å². The fourth-order valence-electron chi connectivity index (χ4n) is 2.86. The Bertz CT molecular complexity index is 430. The van der Waals surface area contributed by atoms with Gasteiger partial charge in [-0.15, -0.1) is 0 Å². The second-order valence-electron chi connectivity index (χ2n) is 5.64. The topological polar surface area (TPSA) is 23.5 Å². The van der Waals surface area contributed by atoms with Gasteiger partial charge in [0.05, 0.1) is 6.10 Å². The molecule has 2 rings (SSSR count). The SMILES string of the molecule is CCC1CCN(CCC(O)c2cccc(F)c2F)CC1. The van der Waals surface area contributed by atoms with Gasteiger partial charge in [-0.3, -0.25) is 0 Å². The van der Waals surface area contributed by atoms with E-state index < -0.39 is 17.7 Å². The van der Waals surface area contributed by atoms with Crippen LogP contribution in [0.25, 0.3) is 0 Å². The van der Waals surface area contributed by atoms with Crippen LogP contribution in [-0.4, -0.2) is 29.6 Å². The number of rotatable bonds is 5. The van der Waals surface area contributed by atoms with Gasteiger partial charge in [-0.25, -0.2) is 8.78 Å². The van der Waals surface area contributed by atoms with Crippen LogP contribution in [0.15, 0.2) is 18.2 Å². The zero-order chi connectivity index (χ0) is 14.5. The average molecular weight is 283 g/mol. The van der Waals surface area contributed by atoms with Crippen molar-refractivity contribution in [3.8, 4) is 0 Å². The highest BCUT2D eigenvalue weighted by atomic mass is 19.2. The van der Waals surface area contributed by atoms with Gasteiger partial charge in [-0.1, -0.05) is 25.5 Å². The monoisotopic (exact) mass is 283 g/mol. The summed E-state index contributed by atoms with van der Waals surface area (Å²) in [6.45, 7) is 5.03. The minimum atomic E-state index is -0.936. The second kappa shape index (κ2) is 7.14. The lowest BCUT2D eigenvalue weighted by Crippen LogP contribution is -2.34. The maximum absolute atomic E-state index is 13.6. The maximum Gasteiger partial charge on any atom is 0.164 e. The van der Waals surface area contributed by atoms with Crippen molar-refractivity contribution >= 4 is 0 Å². The van der Waals surface area contributed by atoms with Crippen LogP contribution in [0.2, 0.25) is 0 Å². The van der Waals surface area contributed by atoms with E-state index in [9.17, 15) is 13.9 Å². The van der Waals surface area contributed by atoms with Crippen molar-refractivity contribution in [3.05, 3.63) is 35.4 Å². The van der Waals surface area contributed by atoms with E-state index >= 15 is 0 Å². The van der Waals surface area contributed by atoms with Crippen molar-refractivity contribution in [1.82, 2.24) is 4.90 Å². The molecular weight excluding hydrogens is 260 g/mol. The number of hydrogen-bond acceptors (Lipinski definition) is 2. The molecule has 0 radical (unpaired) electrons. The molecule has 1 aliphatic rings. The molecule has 112 valence electrons. The van der Waals surface area contributed by atoms with E-state index in [-0.39, 0.29) is 5.56 Å². The summed E-state index contributed by atoms with van der Waals surface area (Å²) in [6.07, 6.45) is 3.12. The second-order valence-corrected chi connectivity index (χ2v) is 5.64. The molecule has 1 aliphatic heterocycles. The van der Waals surface area contributed by atoms with Gasteiger partial charge in [0.25, 0.3) is 0 Å². The summed E-state index contributed by atoms with van der Waals surface area (Å²) in [5.74, 6) is -1.01. The van der Waals surface area contributed by atoms with E-state index in [0.717, 1.165) is 31.6 Å². The lowest BCUT2D eigenvalue weighted by molar-refractivity contribution is 0.119. The smallest absolute Gasteiger partial charge is 0.164 e. The number of benzene rings is 1. The molecule has 1 saturated heterocycles. The summed E-state index contributed by atoms with van der Waals surface area (Å²) in [4.78, 5) is 2.30. The molecule has 1 atom stereocenters. The molecule has 1 fully saturated rings. The summed E-state index contributed by atoms with van der Waals surface area (Å²) in [5, 5.41) is 10.0. The standard InChI is InChI=1S/C16H23F2NO/c1-2-12-6-9-19(10-7-12)11-8-15(20)13-4-3-5-14(17)16(13)18/h3-5,12,15,20H,2,6-11H2,1H3. The number of likely N-dealkylation sites (tertiary alicyclic amines) is 1. The third-order valence-corrected chi connectivity index (χ3v) is 4.34. The van der Waals surface area contributed by atoms with Gasteiger partial charge in [0.2, 0.25) is 0 Å². The zero-order valence-electron chi connectivity index (χ0n) is 12.0. The number of aliphatic hydroxyl groups excluding tert-OH is 1. The minimum absolute atomic E-state index is 0.0634. The van der Waals surface area contributed by atoms with Crippen LogP contribution in [0.1, 0.15) is 44.3 Å². The largest absolute Gasteiger partial charge is 0.388 e. The molecule has 1 unspecified atom stereocenters. The summed E-state index contributed by atoms with van der Waals surface area (Å²) in [7, 11) is 0. The van der Waals surface area contributed by atoms with Crippen LogP contribution < -0.4 is 0 Å². The highest BCUT2D eigenvalue weighted by Crippen LogP contribution is 2.24. The summed E-state index contributed by atoms with van der Waals surface area (Å²) in [5.41, 5.74) is 0.0634. The van der Waals surface area contributed by atoms with Crippen molar-refractivity contribution < 1.29 is 13.9 Å². The third-order valence-electron chi connectivity index (χ3n) is 4.34. The fourth-order valence-corrected chi connectivity index (χ4v) is 2.86. The predicted octanol–water partition coefficient (Wildman–Crippen LogP) is 3.51. The van der Waals surface area contributed by atoms with Gasteiger partial charge in [0.15, 0.2) is 11.6 Å². The molecule has 20 heavy (non-hydrogen) atoms. The average Bonchev–Trinajstić information content (AvgIpc) is 2.48. The lowest BCUT2D eigenvalue weighted by atomic mass is 9.94. The van der Waals surface area contributed by atoms with Crippen LogP contribution in [0.5, 0.6) is 0 Å². The number of nitrogens with zero attached hydrogens (tertiary/aromatic N) is 1. The van der Waals surface area contributed by atoms with Crippen LogP contribution in [0.3, 0.4) is 0 Å². The summed E-state index contributed by atoms with van der Waals surface area (Å²) >= 11 is 0. The Morgan fingerprint density at radius 2 is 2.00 bits per heavy atom. The maximum atomic E-state index is 13.6. The number of halogens is 2. The zero-order valence-corrected chi connectivity index (χ0v) is 12.0. The molecule has 0 aliphatic carbocycles. The van der Waals surface area contributed by atoms with Crippen LogP contribution in [-0.2, 0) is 0 Å². The summed E-state index contributed by atoms with van der Waals surface area (Å²) < 4.78 is 26.7. The van der Waals surface area contributed by atoms with E-state index in [2.05, 4.69) is 11.8 Å². The van der Waals surface area contributed by atoms with Crippen molar-refractivity contribution in [2.24, 2.45) is 5.92 Å². The first-order valence-electron chi connectivity index (χ1n) is 7.46. The molecule has 0 amide bonds. The first-order chi connectivity index (χ1) is 9.61. The molecule has 0 spiro atoms. The molecule has 4 heteroatoms. The van der Waals surface area contributed by atoms with Gasteiger partial charge >= 0.3 is 0 Å². The molecule has 1 aromatic carbocycles. The third kappa shape index (κ3) is 3.76. The highest BCUT2D eigenvalue weighted by molar-refractivity contribution is 5.21. The van der Waals surface area contributed by atoms with E-state index in [1.807, 2.05) is 0 Å². The lowest BCUT2D eigenvalue weighted by Gasteiger charge is -2.31. The fraction of sp³-hybridized carbons (Fsp3) is 0.625. The number of hydrogen-bond donors (Lipinski definition) is 1. The Morgan fingerprint density at radius 3 is 2.65 bits per heavy atom. The van der Waals surface area contributed by atoms with Crippen molar-refractivity contribution in [2.45, 2.75) is 38.7 Å². The predicted molar refractivity (Wildman–Crippen MR) is 75.4 cm³/mol. The molecule has 0 bridgehead atoms. The number of piperidine rings is 1. The first kappa shape index (κ1) is 15.4. The van der Waals surface area contributed by atoms with E-state index in [1.54, 1.807) is 0 Å². The van der Waals surface area contributed by atoms with Crippen molar-refractivity contribution in [2.75, 3.05) is 19.6 Å². The van der Waals surface area contributed by atoms with Crippen LogP contribution in [0, 0.1) is 17.6 Å². The van der Waals surface area contributed by atoms with E-state index in [1.165, 1.54) is 31.4 Å².